The summed E-state index contributed by atoms with van der Waals surface area (Å²) in [6.45, 7) is 3.91. The highest BCUT2D eigenvalue weighted by molar-refractivity contribution is 5.85. The predicted octanol–water partition coefficient (Wildman–Crippen LogP) is 3.32. The van der Waals surface area contributed by atoms with Gasteiger partial charge in [0.05, 0.1) is 6.54 Å². The lowest BCUT2D eigenvalue weighted by Crippen LogP contribution is -2.42. The Morgan fingerprint density at radius 3 is 2.74 bits per heavy atom. The van der Waals surface area contributed by atoms with Crippen LogP contribution in [0.3, 0.4) is 0 Å². The summed E-state index contributed by atoms with van der Waals surface area (Å²) in [5.74, 6) is 0.0791. The number of benzene rings is 1. The average molecular weight is 365 g/mol. The standard InChI is InChI=1S/C22H27N3O2/c1-18-8-4-5-10-20(18)16-25(15-19-9-7-12-23-14-19)22(27)17-24-13-6-2-3-11-21(24)26/h4-5,7-10,12,14H,2-3,6,11,13,15-17H2,1H3. The highest BCUT2D eigenvalue weighted by Crippen LogP contribution is 2.16. The summed E-state index contributed by atoms with van der Waals surface area (Å²) in [7, 11) is 0. The summed E-state index contributed by atoms with van der Waals surface area (Å²) >= 11 is 0. The fourth-order valence-corrected chi connectivity index (χ4v) is 3.41. The number of rotatable bonds is 6. The van der Waals surface area contributed by atoms with E-state index < -0.39 is 0 Å². The van der Waals surface area contributed by atoms with Crippen LogP contribution in [0, 0.1) is 6.92 Å². The third-order valence-electron chi connectivity index (χ3n) is 5.07. The Bertz CT molecular complexity index is 776. The van der Waals surface area contributed by atoms with Gasteiger partial charge >= 0.3 is 0 Å². The van der Waals surface area contributed by atoms with Crippen LogP contribution in [0.15, 0.2) is 48.8 Å². The lowest BCUT2D eigenvalue weighted by atomic mass is 10.1. The van der Waals surface area contributed by atoms with Crippen LogP contribution in [0.4, 0.5) is 0 Å². The maximum Gasteiger partial charge on any atom is 0.242 e. The molecule has 1 aliphatic rings. The molecule has 1 aromatic carbocycles. The zero-order valence-electron chi connectivity index (χ0n) is 15.9. The number of pyridine rings is 1. The van der Waals surface area contributed by atoms with Crippen LogP contribution >= 0.6 is 0 Å². The molecule has 1 aliphatic heterocycles. The molecule has 0 aliphatic carbocycles. The zero-order chi connectivity index (χ0) is 19.1. The van der Waals surface area contributed by atoms with Gasteiger partial charge in [-0.1, -0.05) is 36.8 Å². The van der Waals surface area contributed by atoms with E-state index in [2.05, 4.69) is 24.0 Å². The van der Waals surface area contributed by atoms with E-state index in [1.807, 2.05) is 29.2 Å². The van der Waals surface area contributed by atoms with Crippen molar-refractivity contribution in [1.82, 2.24) is 14.8 Å². The number of aryl methyl sites for hydroxylation is 1. The van der Waals surface area contributed by atoms with Gasteiger partial charge in [0, 0.05) is 38.4 Å². The summed E-state index contributed by atoms with van der Waals surface area (Å²) in [5, 5.41) is 0. The van der Waals surface area contributed by atoms with Crippen LogP contribution in [0.25, 0.3) is 0 Å². The van der Waals surface area contributed by atoms with Crippen LogP contribution < -0.4 is 0 Å². The molecule has 0 N–H and O–H groups in total. The van der Waals surface area contributed by atoms with Gasteiger partial charge in [-0.25, -0.2) is 0 Å². The van der Waals surface area contributed by atoms with Crippen molar-refractivity contribution in [3.8, 4) is 0 Å². The van der Waals surface area contributed by atoms with Gasteiger partial charge in [0.15, 0.2) is 0 Å². The molecule has 0 atom stereocenters. The van der Waals surface area contributed by atoms with Gasteiger partial charge < -0.3 is 9.80 Å². The smallest absolute Gasteiger partial charge is 0.242 e. The summed E-state index contributed by atoms with van der Waals surface area (Å²) < 4.78 is 0. The van der Waals surface area contributed by atoms with Crippen molar-refractivity contribution in [2.45, 2.75) is 45.7 Å². The van der Waals surface area contributed by atoms with Gasteiger partial charge in [0.1, 0.15) is 0 Å². The molecule has 3 rings (SSSR count). The molecule has 0 bridgehead atoms. The van der Waals surface area contributed by atoms with E-state index >= 15 is 0 Å². The Hall–Kier alpha value is -2.69. The number of hydrogen-bond acceptors (Lipinski definition) is 3. The Kier molecular flexibility index (Phi) is 6.58. The van der Waals surface area contributed by atoms with Crippen LogP contribution in [0.1, 0.15) is 42.4 Å². The number of amides is 2. The molecule has 2 amide bonds. The van der Waals surface area contributed by atoms with Gasteiger partial charge in [0.25, 0.3) is 0 Å². The van der Waals surface area contributed by atoms with E-state index in [-0.39, 0.29) is 18.4 Å². The molecule has 27 heavy (non-hydrogen) atoms. The number of carbonyl (C=O) groups excluding carboxylic acids is 2. The Morgan fingerprint density at radius 2 is 1.96 bits per heavy atom. The third-order valence-corrected chi connectivity index (χ3v) is 5.07. The lowest BCUT2D eigenvalue weighted by molar-refractivity contribution is -0.141. The first-order valence-corrected chi connectivity index (χ1v) is 9.62. The van der Waals surface area contributed by atoms with Crippen LogP contribution in [0.2, 0.25) is 0 Å². The van der Waals surface area contributed by atoms with Gasteiger partial charge in [-0.3, -0.25) is 14.6 Å². The molecule has 1 saturated heterocycles. The van der Waals surface area contributed by atoms with Crippen LogP contribution in [-0.2, 0) is 22.7 Å². The molecule has 0 spiro atoms. The second-order valence-electron chi connectivity index (χ2n) is 7.16. The van der Waals surface area contributed by atoms with E-state index in [1.54, 1.807) is 17.3 Å². The highest BCUT2D eigenvalue weighted by atomic mass is 16.2. The maximum absolute atomic E-state index is 13.1. The van der Waals surface area contributed by atoms with Crippen molar-refractivity contribution >= 4 is 11.8 Å². The quantitative estimate of drug-likeness (QED) is 0.789. The van der Waals surface area contributed by atoms with Crippen molar-refractivity contribution in [3.05, 3.63) is 65.5 Å². The summed E-state index contributed by atoms with van der Waals surface area (Å²) in [4.78, 5) is 33.1. The molecule has 1 fully saturated rings. The molecular weight excluding hydrogens is 338 g/mol. The van der Waals surface area contributed by atoms with Gasteiger partial charge in [-0.15, -0.1) is 0 Å². The largest absolute Gasteiger partial charge is 0.333 e. The van der Waals surface area contributed by atoms with Crippen molar-refractivity contribution in [2.24, 2.45) is 0 Å². The topological polar surface area (TPSA) is 53.5 Å². The molecule has 2 heterocycles. The van der Waals surface area contributed by atoms with Crippen molar-refractivity contribution < 1.29 is 9.59 Å². The normalized spacial score (nSPS) is 14.7. The van der Waals surface area contributed by atoms with E-state index in [9.17, 15) is 9.59 Å². The number of hydrogen-bond donors (Lipinski definition) is 0. The molecule has 142 valence electrons. The minimum absolute atomic E-state index is 0.0163. The Morgan fingerprint density at radius 1 is 1.11 bits per heavy atom. The number of likely N-dealkylation sites (tertiary alicyclic amines) is 1. The van der Waals surface area contributed by atoms with Crippen LogP contribution in [0.5, 0.6) is 0 Å². The summed E-state index contributed by atoms with van der Waals surface area (Å²) in [6.07, 6.45) is 7.01. The fraction of sp³-hybridized carbons (Fsp3) is 0.409. The second-order valence-corrected chi connectivity index (χ2v) is 7.16. The molecule has 5 nitrogen and oxygen atoms in total. The molecule has 0 radical (unpaired) electrons. The Balaban J connectivity index is 1.76. The number of aromatic nitrogens is 1. The van der Waals surface area contributed by atoms with Crippen molar-refractivity contribution in [2.75, 3.05) is 13.1 Å². The number of carbonyl (C=O) groups is 2. The van der Waals surface area contributed by atoms with E-state index in [1.165, 1.54) is 0 Å². The fourth-order valence-electron chi connectivity index (χ4n) is 3.41. The van der Waals surface area contributed by atoms with E-state index in [0.717, 1.165) is 36.0 Å². The first kappa shape index (κ1) is 19.1. The predicted molar refractivity (Wildman–Crippen MR) is 105 cm³/mol. The van der Waals surface area contributed by atoms with Crippen molar-refractivity contribution in [1.29, 1.82) is 0 Å². The first-order chi connectivity index (χ1) is 13.1. The lowest BCUT2D eigenvalue weighted by Gasteiger charge is -2.27. The molecule has 0 unspecified atom stereocenters. The SMILES string of the molecule is Cc1ccccc1CN(Cc1cccnc1)C(=O)CN1CCCCCC1=O. The monoisotopic (exact) mass is 365 g/mol. The van der Waals surface area contributed by atoms with Gasteiger partial charge in [0.2, 0.25) is 11.8 Å². The molecule has 5 heteroatoms. The summed E-state index contributed by atoms with van der Waals surface area (Å²) in [6, 6.07) is 12.0. The van der Waals surface area contributed by atoms with Gasteiger partial charge in [-0.2, -0.15) is 0 Å². The molecule has 0 saturated carbocycles. The number of nitrogens with zero attached hydrogens (tertiary/aromatic N) is 3. The van der Waals surface area contributed by atoms with E-state index in [0.29, 0.717) is 26.1 Å². The van der Waals surface area contributed by atoms with Gasteiger partial charge in [-0.05, 0) is 42.5 Å². The zero-order valence-corrected chi connectivity index (χ0v) is 15.9. The minimum Gasteiger partial charge on any atom is -0.333 e. The maximum atomic E-state index is 13.1. The second kappa shape index (κ2) is 9.31. The molecular formula is C22H27N3O2. The Labute approximate surface area is 161 Å². The average Bonchev–Trinajstić information content (AvgIpc) is 2.88. The van der Waals surface area contributed by atoms with E-state index in [4.69, 9.17) is 0 Å². The highest BCUT2D eigenvalue weighted by Gasteiger charge is 2.23. The van der Waals surface area contributed by atoms with Crippen molar-refractivity contribution in [3.63, 3.8) is 0 Å². The third kappa shape index (κ3) is 5.39. The minimum atomic E-state index is -0.0163. The summed E-state index contributed by atoms with van der Waals surface area (Å²) in [5.41, 5.74) is 3.27. The molecule has 2 aromatic rings. The first-order valence-electron chi connectivity index (χ1n) is 9.62. The van der Waals surface area contributed by atoms with Crippen LogP contribution in [-0.4, -0.2) is 39.7 Å². The molecule has 1 aromatic heterocycles.